The highest BCUT2D eigenvalue weighted by Crippen LogP contribution is 2.62. The molecule has 1 N–H and O–H groups in total. The number of ether oxygens (including phenoxy) is 1. The van der Waals surface area contributed by atoms with Gasteiger partial charge >= 0.3 is 0 Å². The lowest BCUT2D eigenvalue weighted by Crippen LogP contribution is -2.73. The molecule has 2 heterocycles. The Morgan fingerprint density at radius 1 is 1.39 bits per heavy atom. The third kappa shape index (κ3) is 2.50. The average molecular weight is 338 g/mol. The molecule has 0 radical (unpaired) electrons. The quantitative estimate of drug-likeness (QED) is 0.621. The van der Waals surface area contributed by atoms with Crippen molar-refractivity contribution in [1.82, 2.24) is 10.2 Å². The number of rotatable bonds is 2. The molecule has 4 nitrogen and oxygen atoms in total. The van der Waals surface area contributed by atoms with Crippen LogP contribution in [0.1, 0.15) is 39.5 Å². The lowest BCUT2D eigenvalue weighted by molar-refractivity contribution is -0.171. The second kappa shape index (κ2) is 6.14. The van der Waals surface area contributed by atoms with Crippen LogP contribution in [-0.4, -0.2) is 60.8 Å². The van der Waals surface area contributed by atoms with E-state index in [4.69, 9.17) is 4.74 Å². The third-order valence-electron chi connectivity index (χ3n) is 6.67. The molecule has 4 rings (SSSR count). The molecule has 4 unspecified atom stereocenters. The van der Waals surface area contributed by atoms with Crippen molar-refractivity contribution < 1.29 is 4.74 Å². The predicted molar refractivity (Wildman–Crippen MR) is 97.1 cm³/mol. The fourth-order valence-corrected chi connectivity index (χ4v) is 6.46. The maximum atomic E-state index is 6.05. The predicted octanol–water partition coefficient (Wildman–Crippen LogP) is 2.59. The average Bonchev–Trinajstić information content (AvgIpc) is 2.92. The Labute approximate surface area is 144 Å². The van der Waals surface area contributed by atoms with Gasteiger partial charge in [-0.15, -0.1) is 0 Å². The second-order valence-electron chi connectivity index (χ2n) is 8.10. The van der Waals surface area contributed by atoms with Crippen molar-refractivity contribution in [1.29, 1.82) is 0 Å². The molecule has 1 spiro atoms. The standard InChI is InChI=1S/C18H31N3OS/c1-12(2)14-11-21(8-10-23-14)17(19-3)20-15-13-5-9-22-16(13)18(15)6-4-7-18/h12-16H,4-11H2,1-3H3,(H,19,20). The van der Waals surface area contributed by atoms with Crippen molar-refractivity contribution in [2.75, 3.05) is 32.5 Å². The largest absolute Gasteiger partial charge is 0.377 e. The number of hydrogen-bond donors (Lipinski definition) is 1. The lowest BCUT2D eigenvalue weighted by atomic mass is 9.46. The summed E-state index contributed by atoms with van der Waals surface area (Å²) >= 11 is 2.13. The van der Waals surface area contributed by atoms with Crippen molar-refractivity contribution >= 4 is 17.7 Å². The monoisotopic (exact) mass is 337 g/mol. The van der Waals surface area contributed by atoms with E-state index in [0.717, 1.165) is 36.8 Å². The van der Waals surface area contributed by atoms with Crippen LogP contribution in [-0.2, 0) is 4.74 Å². The van der Waals surface area contributed by atoms with Gasteiger partial charge in [-0.3, -0.25) is 4.99 Å². The van der Waals surface area contributed by atoms with Crippen LogP contribution in [0.2, 0.25) is 0 Å². The van der Waals surface area contributed by atoms with Gasteiger partial charge in [0, 0.05) is 55.1 Å². The molecule has 0 amide bonds. The molecule has 2 aliphatic heterocycles. The highest BCUT2D eigenvalue weighted by molar-refractivity contribution is 8.00. The first kappa shape index (κ1) is 16.1. The van der Waals surface area contributed by atoms with Gasteiger partial charge in [0.05, 0.1) is 6.10 Å². The summed E-state index contributed by atoms with van der Waals surface area (Å²) in [5.74, 6) is 3.80. The molecule has 0 aromatic carbocycles. The summed E-state index contributed by atoms with van der Waals surface area (Å²) < 4.78 is 6.05. The Balaban J connectivity index is 1.44. The lowest BCUT2D eigenvalue weighted by Gasteiger charge is -2.63. The van der Waals surface area contributed by atoms with Gasteiger partial charge in [-0.25, -0.2) is 0 Å². The summed E-state index contributed by atoms with van der Waals surface area (Å²) in [7, 11) is 1.95. The van der Waals surface area contributed by atoms with Gasteiger partial charge in [0.25, 0.3) is 0 Å². The van der Waals surface area contributed by atoms with Crippen LogP contribution < -0.4 is 5.32 Å². The summed E-state index contributed by atoms with van der Waals surface area (Å²) in [4.78, 5) is 7.14. The van der Waals surface area contributed by atoms with E-state index in [1.54, 1.807) is 0 Å². The molecular formula is C18H31N3OS. The van der Waals surface area contributed by atoms with Crippen LogP contribution in [0.5, 0.6) is 0 Å². The molecule has 0 bridgehead atoms. The number of fused-ring (bicyclic) bond motifs is 2. The van der Waals surface area contributed by atoms with Crippen molar-refractivity contribution in [2.24, 2.45) is 22.2 Å². The first-order chi connectivity index (χ1) is 11.2. The number of hydrogen-bond acceptors (Lipinski definition) is 3. The Morgan fingerprint density at radius 3 is 2.87 bits per heavy atom. The van der Waals surface area contributed by atoms with E-state index in [-0.39, 0.29) is 0 Å². The van der Waals surface area contributed by atoms with Crippen LogP contribution in [0.3, 0.4) is 0 Å². The number of nitrogens with zero attached hydrogens (tertiary/aromatic N) is 2. The molecule has 5 heteroatoms. The molecule has 4 fully saturated rings. The Bertz CT molecular complexity index is 477. The van der Waals surface area contributed by atoms with E-state index in [2.05, 4.69) is 40.8 Å². The van der Waals surface area contributed by atoms with Crippen LogP contribution in [0.15, 0.2) is 4.99 Å². The zero-order valence-corrected chi connectivity index (χ0v) is 15.6. The van der Waals surface area contributed by atoms with Crippen LogP contribution in [0.4, 0.5) is 0 Å². The molecule has 2 saturated heterocycles. The third-order valence-corrected chi connectivity index (χ3v) is 8.21. The van der Waals surface area contributed by atoms with E-state index in [0.29, 0.717) is 23.5 Å². The fraction of sp³-hybridized carbons (Fsp3) is 0.944. The minimum absolute atomic E-state index is 0.430. The van der Waals surface area contributed by atoms with Gasteiger partial charge in [0.2, 0.25) is 0 Å². The first-order valence-corrected chi connectivity index (χ1v) is 10.4. The van der Waals surface area contributed by atoms with Crippen LogP contribution in [0.25, 0.3) is 0 Å². The minimum atomic E-state index is 0.430. The number of nitrogens with one attached hydrogen (secondary N) is 1. The smallest absolute Gasteiger partial charge is 0.193 e. The van der Waals surface area contributed by atoms with E-state index >= 15 is 0 Å². The molecule has 0 aromatic rings. The maximum absolute atomic E-state index is 6.05. The number of aliphatic imine (C=N–C) groups is 1. The summed E-state index contributed by atoms with van der Waals surface area (Å²) in [5, 5.41) is 4.61. The van der Waals surface area contributed by atoms with Crippen molar-refractivity contribution in [3.8, 4) is 0 Å². The Hall–Kier alpha value is -0.420. The maximum Gasteiger partial charge on any atom is 0.193 e. The van der Waals surface area contributed by atoms with E-state index in [1.807, 2.05) is 7.05 Å². The molecule has 23 heavy (non-hydrogen) atoms. The number of guanidine groups is 1. The SMILES string of the molecule is CN=C(NC1C2CCOC2C12CCC2)N1CCSC(C(C)C)C1. The van der Waals surface area contributed by atoms with Gasteiger partial charge in [-0.2, -0.15) is 11.8 Å². The molecule has 4 atom stereocenters. The van der Waals surface area contributed by atoms with Gasteiger partial charge in [0.1, 0.15) is 0 Å². The summed E-state index contributed by atoms with van der Waals surface area (Å²) in [6.07, 6.45) is 5.82. The van der Waals surface area contributed by atoms with Gasteiger partial charge in [0.15, 0.2) is 5.96 Å². The van der Waals surface area contributed by atoms with E-state index in [9.17, 15) is 0 Å². The van der Waals surface area contributed by atoms with Crippen molar-refractivity contribution in [2.45, 2.75) is 56.9 Å². The van der Waals surface area contributed by atoms with Crippen molar-refractivity contribution in [3.05, 3.63) is 0 Å². The summed E-state index contributed by atoms with van der Waals surface area (Å²) in [5.41, 5.74) is 0.430. The number of thioether (sulfide) groups is 1. The molecule has 130 valence electrons. The molecular weight excluding hydrogens is 306 g/mol. The molecule has 4 aliphatic rings. The fourth-order valence-electron chi connectivity index (χ4n) is 5.16. The van der Waals surface area contributed by atoms with Gasteiger partial charge in [-0.05, 0) is 25.2 Å². The second-order valence-corrected chi connectivity index (χ2v) is 9.45. The Morgan fingerprint density at radius 2 is 2.22 bits per heavy atom. The van der Waals surface area contributed by atoms with E-state index in [1.165, 1.54) is 31.4 Å². The zero-order valence-electron chi connectivity index (χ0n) is 14.8. The molecule has 2 saturated carbocycles. The topological polar surface area (TPSA) is 36.9 Å². The summed E-state index contributed by atoms with van der Waals surface area (Å²) in [6.45, 7) is 7.90. The van der Waals surface area contributed by atoms with Crippen molar-refractivity contribution in [3.63, 3.8) is 0 Å². The van der Waals surface area contributed by atoms with Crippen LogP contribution in [0, 0.1) is 17.3 Å². The van der Waals surface area contributed by atoms with Gasteiger partial charge < -0.3 is 15.0 Å². The van der Waals surface area contributed by atoms with E-state index < -0.39 is 0 Å². The zero-order chi connectivity index (χ0) is 16.0. The first-order valence-electron chi connectivity index (χ1n) is 9.37. The highest BCUT2D eigenvalue weighted by Gasteiger charge is 2.66. The van der Waals surface area contributed by atoms with Crippen LogP contribution >= 0.6 is 11.8 Å². The summed E-state index contributed by atoms with van der Waals surface area (Å²) in [6, 6.07) is 0.592. The minimum Gasteiger partial charge on any atom is -0.377 e. The normalized spacial score (nSPS) is 39.1. The molecule has 2 aliphatic carbocycles. The highest BCUT2D eigenvalue weighted by atomic mass is 32.2. The van der Waals surface area contributed by atoms with Gasteiger partial charge in [-0.1, -0.05) is 20.3 Å². The Kier molecular flexibility index (Phi) is 4.29. The molecule has 0 aromatic heterocycles.